The lowest BCUT2D eigenvalue weighted by molar-refractivity contribution is -0.118. The SMILES string of the molecule is NC(=O)C1CN1Cc1ccccc1. The van der Waals surface area contributed by atoms with Gasteiger partial charge in [0.15, 0.2) is 0 Å². The lowest BCUT2D eigenvalue weighted by Gasteiger charge is -2.01. The average Bonchev–Trinajstić information content (AvgIpc) is 2.86. The average molecular weight is 176 g/mol. The van der Waals surface area contributed by atoms with Crippen LogP contribution in [-0.2, 0) is 11.3 Å². The Kier molecular flexibility index (Phi) is 2.02. The second-order valence-electron chi connectivity index (χ2n) is 3.33. The number of primary amides is 1. The zero-order valence-electron chi connectivity index (χ0n) is 7.31. The Morgan fingerprint density at radius 2 is 2.15 bits per heavy atom. The fraction of sp³-hybridized carbons (Fsp3) is 0.300. The van der Waals surface area contributed by atoms with E-state index >= 15 is 0 Å². The van der Waals surface area contributed by atoms with Gasteiger partial charge >= 0.3 is 0 Å². The highest BCUT2D eigenvalue weighted by Crippen LogP contribution is 2.19. The fourth-order valence-electron chi connectivity index (χ4n) is 1.44. The molecule has 1 aliphatic heterocycles. The summed E-state index contributed by atoms with van der Waals surface area (Å²) in [6.07, 6.45) is 0. The molecule has 2 atom stereocenters. The van der Waals surface area contributed by atoms with Gasteiger partial charge in [-0.25, -0.2) is 0 Å². The molecule has 0 saturated carbocycles. The molecule has 0 aliphatic carbocycles. The Labute approximate surface area is 77.1 Å². The smallest absolute Gasteiger partial charge is 0.236 e. The van der Waals surface area contributed by atoms with Gasteiger partial charge in [-0.1, -0.05) is 30.3 Å². The maximum atomic E-state index is 10.7. The number of nitrogens with two attached hydrogens (primary N) is 1. The van der Waals surface area contributed by atoms with Crippen molar-refractivity contribution in [1.29, 1.82) is 0 Å². The third-order valence-corrected chi connectivity index (χ3v) is 2.27. The van der Waals surface area contributed by atoms with E-state index < -0.39 is 0 Å². The largest absolute Gasteiger partial charge is 0.368 e. The molecule has 1 aromatic rings. The van der Waals surface area contributed by atoms with E-state index in [1.807, 2.05) is 18.2 Å². The van der Waals surface area contributed by atoms with Gasteiger partial charge in [-0.05, 0) is 5.56 Å². The molecule has 0 radical (unpaired) electrons. The van der Waals surface area contributed by atoms with Gasteiger partial charge < -0.3 is 5.73 Å². The quantitative estimate of drug-likeness (QED) is 0.676. The van der Waals surface area contributed by atoms with Crippen molar-refractivity contribution in [3.63, 3.8) is 0 Å². The van der Waals surface area contributed by atoms with Crippen molar-refractivity contribution >= 4 is 5.91 Å². The summed E-state index contributed by atoms with van der Waals surface area (Å²) in [5.41, 5.74) is 6.39. The molecule has 1 aliphatic rings. The minimum absolute atomic E-state index is 0.0276. The molecule has 3 nitrogen and oxygen atoms in total. The van der Waals surface area contributed by atoms with Gasteiger partial charge in [0.05, 0.1) is 0 Å². The second-order valence-corrected chi connectivity index (χ2v) is 3.33. The molecule has 13 heavy (non-hydrogen) atoms. The molecule has 0 bridgehead atoms. The van der Waals surface area contributed by atoms with Crippen LogP contribution in [0.5, 0.6) is 0 Å². The molecule has 2 N–H and O–H groups in total. The zero-order chi connectivity index (χ0) is 9.26. The van der Waals surface area contributed by atoms with Gasteiger partial charge in [0.25, 0.3) is 0 Å². The summed E-state index contributed by atoms with van der Waals surface area (Å²) in [6.45, 7) is 1.64. The molecular weight excluding hydrogens is 164 g/mol. The maximum absolute atomic E-state index is 10.7. The highest BCUT2D eigenvalue weighted by Gasteiger charge is 2.38. The van der Waals surface area contributed by atoms with Crippen LogP contribution < -0.4 is 5.73 Å². The van der Waals surface area contributed by atoms with E-state index in [4.69, 9.17) is 5.73 Å². The summed E-state index contributed by atoms with van der Waals surface area (Å²) >= 11 is 0. The van der Waals surface area contributed by atoms with Gasteiger partial charge in [0.2, 0.25) is 5.91 Å². The van der Waals surface area contributed by atoms with E-state index in [0.29, 0.717) is 0 Å². The number of carbonyl (C=O) groups excluding carboxylic acids is 1. The van der Waals surface area contributed by atoms with E-state index in [2.05, 4.69) is 17.0 Å². The number of hydrogen-bond acceptors (Lipinski definition) is 2. The first-order valence-corrected chi connectivity index (χ1v) is 4.34. The topological polar surface area (TPSA) is 46.1 Å². The summed E-state index contributed by atoms with van der Waals surface area (Å²) in [5.74, 6) is -0.212. The monoisotopic (exact) mass is 176 g/mol. The standard InChI is InChI=1S/C10H12N2O/c11-10(13)9-7-12(9)6-8-4-2-1-3-5-8/h1-5,9H,6-7H2,(H2,11,13). The third-order valence-electron chi connectivity index (χ3n) is 2.27. The molecule has 0 spiro atoms. The minimum Gasteiger partial charge on any atom is -0.368 e. The van der Waals surface area contributed by atoms with Crippen LogP contribution in [0.3, 0.4) is 0 Å². The van der Waals surface area contributed by atoms with Crippen LogP contribution in [0.4, 0.5) is 0 Å². The first kappa shape index (κ1) is 8.26. The summed E-state index contributed by atoms with van der Waals surface area (Å²) in [4.78, 5) is 12.8. The molecule has 3 heteroatoms. The van der Waals surface area contributed by atoms with Crippen LogP contribution in [0.1, 0.15) is 5.56 Å². The number of amides is 1. The van der Waals surface area contributed by atoms with E-state index in [-0.39, 0.29) is 11.9 Å². The van der Waals surface area contributed by atoms with Crippen LogP contribution >= 0.6 is 0 Å². The molecule has 1 fully saturated rings. The lowest BCUT2D eigenvalue weighted by atomic mass is 10.2. The summed E-state index contributed by atoms with van der Waals surface area (Å²) in [5, 5.41) is 0. The zero-order valence-corrected chi connectivity index (χ0v) is 7.31. The molecule has 68 valence electrons. The van der Waals surface area contributed by atoms with Crippen molar-refractivity contribution in [3.8, 4) is 0 Å². The van der Waals surface area contributed by atoms with Gasteiger partial charge in [-0.15, -0.1) is 0 Å². The van der Waals surface area contributed by atoms with Crippen molar-refractivity contribution in [2.75, 3.05) is 6.54 Å². The second kappa shape index (κ2) is 3.18. The number of benzene rings is 1. The Hall–Kier alpha value is -1.35. The number of nitrogens with zero attached hydrogens (tertiary/aromatic N) is 1. The van der Waals surface area contributed by atoms with Crippen molar-refractivity contribution in [2.45, 2.75) is 12.6 Å². The first-order valence-electron chi connectivity index (χ1n) is 4.34. The highest BCUT2D eigenvalue weighted by molar-refractivity contribution is 5.82. The van der Waals surface area contributed by atoms with Gasteiger partial charge in [0, 0.05) is 13.1 Å². The molecule has 1 heterocycles. The molecule has 1 saturated heterocycles. The molecular formula is C10H12N2O. The predicted molar refractivity (Wildman–Crippen MR) is 49.8 cm³/mol. The summed E-state index contributed by atoms with van der Waals surface area (Å²) < 4.78 is 0. The maximum Gasteiger partial charge on any atom is 0.236 e. The Morgan fingerprint density at radius 3 is 2.69 bits per heavy atom. The molecule has 1 aromatic carbocycles. The van der Waals surface area contributed by atoms with Crippen LogP contribution in [0.25, 0.3) is 0 Å². The first-order chi connectivity index (χ1) is 6.27. The molecule has 1 amide bonds. The molecule has 0 aromatic heterocycles. The third kappa shape index (κ3) is 1.87. The van der Waals surface area contributed by atoms with Crippen LogP contribution in [0, 0.1) is 0 Å². The molecule has 2 rings (SSSR count). The predicted octanol–water partition coefficient (Wildman–Crippen LogP) is 0.356. The van der Waals surface area contributed by atoms with E-state index in [0.717, 1.165) is 13.1 Å². The van der Waals surface area contributed by atoms with Crippen molar-refractivity contribution < 1.29 is 4.79 Å². The van der Waals surface area contributed by atoms with Gasteiger partial charge in [-0.2, -0.15) is 0 Å². The van der Waals surface area contributed by atoms with Gasteiger partial charge in [0.1, 0.15) is 6.04 Å². The van der Waals surface area contributed by atoms with E-state index in [9.17, 15) is 4.79 Å². The van der Waals surface area contributed by atoms with Crippen LogP contribution in [-0.4, -0.2) is 23.4 Å². The van der Waals surface area contributed by atoms with E-state index in [1.54, 1.807) is 0 Å². The molecule has 2 unspecified atom stereocenters. The van der Waals surface area contributed by atoms with Crippen molar-refractivity contribution in [2.24, 2.45) is 5.73 Å². The summed E-state index contributed by atoms with van der Waals surface area (Å²) in [7, 11) is 0. The van der Waals surface area contributed by atoms with Crippen molar-refractivity contribution in [1.82, 2.24) is 4.90 Å². The summed E-state index contributed by atoms with van der Waals surface area (Å²) in [6, 6.07) is 10.1. The number of rotatable bonds is 3. The van der Waals surface area contributed by atoms with Gasteiger partial charge in [-0.3, -0.25) is 9.69 Å². The normalized spacial score (nSPS) is 25.5. The number of carbonyl (C=O) groups is 1. The Bertz CT molecular complexity index is 310. The number of hydrogen-bond donors (Lipinski definition) is 1. The van der Waals surface area contributed by atoms with Crippen LogP contribution in [0.15, 0.2) is 30.3 Å². The minimum atomic E-state index is -0.212. The van der Waals surface area contributed by atoms with Crippen LogP contribution in [0.2, 0.25) is 0 Å². The Balaban J connectivity index is 1.92. The van der Waals surface area contributed by atoms with Crippen molar-refractivity contribution in [3.05, 3.63) is 35.9 Å². The lowest BCUT2D eigenvalue weighted by Crippen LogP contribution is -2.21. The highest BCUT2D eigenvalue weighted by atomic mass is 16.1. The Morgan fingerprint density at radius 1 is 1.46 bits per heavy atom. The fourth-order valence-corrected chi connectivity index (χ4v) is 1.44. The van der Waals surface area contributed by atoms with E-state index in [1.165, 1.54) is 5.56 Å².